The molecule has 1 aliphatic rings. The molecule has 2 aromatic rings. The number of carbonyl (C=O) groups excluding carboxylic acids is 1. The number of aliphatic hydroxyl groups is 1. The Kier molecular flexibility index (Phi) is 6.42. The van der Waals surface area contributed by atoms with Gasteiger partial charge in [-0.25, -0.2) is 0 Å². The van der Waals surface area contributed by atoms with E-state index in [-0.39, 0.29) is 12.5 Å². The van der Waals surface area contributed by atoms with Gasteiger partial charge in [0.05, 0.1) is 6.61 Å². The highest BCUT2D eigenvalue weighted by Crippen LogP contribution is 2.24. The Morgan fingerprint density at radius 1 is 1.19 bits per heavy atom. The van der Waals surface area contributed by atoms with Crippen LogP contribution in [0.3, 0.4) is 0 Å². The number of piperidine rings is 1. The van der Waals surface area contributed by atoms with E-state index >= 15 is 0 Å². The summed E-state index contributed by atoms with van der Waals surface area (Å²) in [5.74, 6) is 0.504. The van der Waals surface area contributed by atoms with Gasteiger partial charge in [0.1, 0.15) is 0 Å². The van der Waals surface area contributed by atoms with Gasteiger partial charge >= 0.3 is 0 Å². The highest BCUT2D eigenvalue weighted by Gasteiger charge is 2.19. The van der Waals surface area contributed by atoms with Crippen molar-refractivity contribution >= 4 is 5.91 Å². The fraction of sp³-hybridized carbons (Fsp3) is 0.409. The van der Waals surface area contributed by atoms with Crippen molar-refractivity contribution in [1.82, 2.24) is 10.2 Å². The molecule has 1 fully saturated rings. The van der Waals surface area contributed by atoms with Crippen LogP contribution in [0.1, 0.15) is 45.8 Å². The fourth-order valence-electron chi connectivity index (χ4n) is 3.58. The van der Waals surface area contributed by atoms with Gasteiger partial charge in [-0.3, -0.25) is 4.79 Å². The molecule has 1 heterocycles. The predicted molar refractivity (Wildman–Crippen MR) is 104 cm³/mol. The number of hydrogen-bond acceptors (Lipinski definition) is 3. The summed E-state index contributed by atoms with van der Waals surface area (Å²) in [4.78, 5) is 14.7. The number of amides is 1. The average molecular weight is 352 g/mol. The van der Waals surface area contributed by atoms with Crippen LogP contribution in [0.5, 0.6) is 0 Å². The van der Waals surface area contributed by atoms with Crippen molar-refractivity contribution in [3.63, 3.8) is 0 Å². The van der Waals surface area contributed by atoms with Gasteiger partial charge in [0, 0.05) is 25.2 Å². The molecular weight excluding hydrogens is 324 g/mol. The second kappa shape index (κ2) is 8.97. The molecule has 0 saturated carbocycles. The number of rotatable bonds is 6. The van der Waals surface area contributed by atoms with E-state index in [0.717, 1.165) is 24.2 Å². The van der Waals surface area contributed by atoms with Crippen LogP contribution in [0, 0.1) is 6.92 Å². The van der Waals surface area contributed by atoms with Crippen LogP contribution in [0.4, 0.5) is 0 Å². The Bertz CT molecular complexity index is 721. The Morgan fingerprint density at radius 2 is 1.96 bits per heavy atom. The Labute approximate surface area is 155 Å². The van der Waals surface area contributed by atoms with E-state index in [9.17, 15) is 9.90 Å². The Balaban J connectivity index is 1.73. The van der Waals surface area contributed by atoms with Crippen LogP contribution in [0.2, 0.25) is 0 Å². The van der Waals surface area contributed by atoms with Gasteiger partial charge in [-0.15, -0.1) is 0 Å². The van der Waals surface area contributed by atoms with Gasteiger partial charge in [0.2, 0.25) is 0 Å². The number of nitrogens with zero attached hydrogens (tertiary/aromatic N) is 1. The molecule has 26 heavy (non-hydrogen) atoms. The summed E-state index contributed by atoms with van der Waals surface area (Å²) in [7, 11) is 0. The molecule has 0 spiro atoms. The molecule has 0 radical (unpaired) electrons. The molecule has 3 rings (SSSR count). The van der Waals surface area contributed by atoms with Crippen molar-refractivity contribution in [3.05, 3.63) is 70.8 Å². The zero-order chi connectivity index (χ0) is 18.4. The molecule has 1 aliphatic heterocycles. The van der Waals surface area contributed by atoms with E-state index in [1.807, 2.05) is 43.3 Å². The van der Waals surface area contributed by atoms with E-state index in [2.05, 4.69) is 17.4 Å². The zero-order valence-electron chi connectivity index (χ0n) is 15.4. The molecule has 138 valence electrons. The van der Waals surface area contributed by atoms with Crippen LogP contribution in [0.25, 0.3) is 0 Å². The van der Waals surface area contributed by atoms with Gasteiger partial charge in [-0.05, 0) is 61.1 Å². The molecule has 1 saturated heterocycles. The molecule has 1 atom stereocenters. The van der Waals surface area contributed by atoms with E-state index in [4.69, 9.17) is 0 Å². The third-order valence-electron chi connectivity index (χ3n) is 5.21. The average Bonchev–Trinajstić information content (AvgIpc) is 2.69. The Hall–Kier alpha value is -2.17. The van der Waals surface area contributed by atoms with Crippen molar-refractivity contribution < 1.29 is 9.90 Å². The molecule has 1 unspecified atom stereocenters. The number of aryl methyl sites for hydroxylation is 1. The van der Waals surface area contributed by atoms with E-state index in [1.54, 1.807) is 4.90 Å². The summed E-state index contributed by atoms with van der Waals surface area (Å²) in [5.41, 5.74) is 4.24. The quantitative estimate of drug-likeness (QED) is 0.840. The first-order valence-corrected chi connectivity index (χ1v) is 9.44. The number of carbonyl (C=O) groups is 1. The van der Waals surface area contributed by atoms with Crippen LogP contribution in [0.15, 0.2) is 48.5 Å². The van der Waals surface area contributed by atoms with Crippen molar-refractivity contribution in [1.29, 1.82) is 0 Å². The summed E-state index contributed by atoms with van der Waals surface area (Å²) in [6.07, 6.45) is 2.40. The second-order valence-electron chi connectivity index (χ2n) is 7.04. The topological polar surface area (TPSA) is 52.6 Å². The zero-order valence-corrected chi connectivity index (χ0v) is 15.4. The summed E-state index contributed by atoms with van der Waals surface area (Å²) >= 11 is 0. The summed E-state index contributed by atoms with van der Waals surface area (Å²) in [6.45, 7) is 4.97. The van der Waals surface area contributed by atoms with Crippen molar-refractivity contribution in [2.24, 2.45) is 0 Å². The summed E-state index contributed by atoms with van der Waals surface area (Å²) in [6, 6.07) is 16.1. The molecule has 0 bridgehead atoms. The van der Waals surface area contributed by atoms with Gasteiger partial charge < -0.3 is 15.3 Å². The molecule has 4 nitrogen and oxygen atoms in total. The van der Waals surface area contributed by atoms with Crippen molar-refractivity contribution in [2.45, 2.75) is 32.2 Å². The molecule has 0 aliphatic carbocycles. The molecule has 2 aromatic carbocycles. The monoisotopic (exact) mass is 352 g/mol. The maximum Gasteiger partial charge on any atom is 0.254 e. The molecular formula is C22H28N2O2. The first-order valence-electron chi connectivity index (χ1n) is 9.44. The Morgan fingerprint density at radius 3 is 2.62 bits per heavy atom. The van der Waals surface area contributed by atoms with Crippen molar-refractivity contribution in [2.75, 3.05) is 26.2 Å². The van der Waals surface area contributed by atoms with Crippen LogP contribution < -0.4 is 5.32 Å². The first kappa shape index (κ1) is 18.6. The highest BCUT2D eigenvalue weighted by atomic mass is 16.3. The lowest BCUT2D eigenvalue weighted by Gasteiger charge is -2.25. The second-order valence-corrected chi connectivity index (χ2v) is 7.04. The third-order valence-corrected chi connectivity index (χ3v) is 5.21. The van der Waals surface area contributed by atoms with Gasteiger partial charge in [0.25, 0.3) is 5.91 Å². The lowest BCUT2D eigenvalue weighted by molar-refractivity contribution is 0.0707. The van der Waals surface area contributed by atoms with E-state index in [1.165, 1.54) is 18.4 Å². The lowest BCUT2D eigenvalue weighted by atomic mass is 9.91. The maximum absolute atomic E-state index is 12.9. The van der Waals surface area contributed by atoms with Crippen LogP contribution in [-0.4, -0.2) is 42.2 Å². The highest BCUT2D eigenvalue weighted by molar-refractivity contribution is 5.94. The number of benzene rings is 2. The minimum Gasteiger partial charge on any atom is -0.395 e. The molecule has 0 aromatic heterocycles. The number of nitrogens with one attached hydrogen (secondary N) is 1. The third kappa shape index (κ3) is 4.51. The van der Waals surface area contributed by atoms with Gasteiger partial charge in [0.15, 0.2) is 0 Å². The minimum absolute atomic E-state index is 0.0318. The molecule has 1 amide bonds. The number of hydrogen-bond donors (Lipinski definition) is 2. The van der Waals surface area contributed by atoms with Crippen molar-refractivity contribution in [3.8, 4) is 0 Å². The minimum atomic E-state index is -0.0382. The summed E-state index contributed by atoms with van der Waals surface area (Å²) < 4.78 is 0. The van der Waals surface area contributed by atoms with Gasteiger partial charge in [-0.1, -0.05) is 36.4 Å². The van der Waals surface area contributed by atoms with Crippen LogP contribution in [-0.2, 0) is 6.54 Å². The predicted octanol–water partition coefficient (Wildman–Crippen LogP) is 3.10. The molecule has 4 heteroatoms. The number of aliphatic hydroxyl groups excluding tert-OH is 1. The van der Waals surface area contributed by atoms with Crippen LogP contribution >= 0.6 is 0 Å². The standard InChI is InChI=1S/C22H28N2O2/c1-17-5-2-3-6-21(17)16-24(13-14-25)22(26)19-10-8-18(9-11-19)20-7-4-12-23-15-20/h2-3,5-6,8-11,20,23,25H,4,7,12-16H2,1H3. The molecule has 2 N–H and O–H groups in total. The van der Waals surface area contributed by atoms with Gasteiger partial charge in [-0.2, -0.15) is 0 Å². The largest absolute Gasteiger partial charge is 0.395 e. The van der Waals surface area contributed by atoms with E-state index < -0.39 is 0 Å². The lowest BCUT2D eigenvalue weighted by Crippen LogP contribution is -2.33. The van der Waals surface area contributed by atoms with E-state index in [0.29, 0.717) is 24.6 Å². The SMILES string of the molecule is Cc1ccccc1CN(CCO)C(=O)c1ccc(C2CCCNC2)cc1. The fourth-order valence-corrected chi connectivity index (χ4v) is 3.58. The first-order chi connectivity index (χ1) is 12.7. The smallest absolute Gasteiger partial charge is 0.254 e. The summed E-state index contributed by atoms with van der Waals surface area (Å²) in [5, 5.41) is 12.8. The normalized spacial score (nSPS) is 17.1. The maximum atomic E-state index is 12.9.